The van der Waals surface area contributed by atoms with E-state index in [0.29, 0.717) is 13.0 Å². The fraction of sp³-hybridized carbons (Fsp3) is 0.333. The van der Waals surface area contributed by atoms with Crippen molar-refractivity contribution in [2.45, 2.75) is 19.0 Å². The highest BCUT2D eigenvalue weighted by molar-refractivity contribution is 5.73. The van der Waals surface area contributed by atoms with Crippen molar-refractivity contribution >= 4 is 5.97 Å². The van der Waals surface area contributed by atoms with Gasteiger partial charge in [-0.25, -0.2) is 15.0 Å². The van der Waals surface area contributed by atoms with Crippen molar-refractivity contribution < 1.29 is 14.6 Å². The van der Waals surface area contributed by atoms with Crippen molar-refractivity contribution in [1.82, 2.24) is 25.3 Å². The number of H-pyrrole nitrogens is 1. The first-order valence-electron chi connectivity index (χ1n) is 5.97. The highest BCUT2D eigenvalue weighted by Crippen LogP contribution is 2.04. The van der Waals surface area contributed by atoms with Crippen LogP contribution < -0.4 is 10.1 Å². The Balaban J connectivity index is 1.92. The number of carboxylic acid groups (broad SMARTS) is 1. The first kappa shape index (κ1) is 13.9. The molecule has 2 aromatic rings. The van der Waals surface area contributed by atoms with Crippen LogP contribution in [0.1, 0.15) is 11.3 Å². The van der Waals surface area contributed by atoms with Crippen molar-refractivity contribution in [3.8, 4) is 6.01 Å². The molecule has 0 spiro atoms. The third kappa shape index (κ3) is 3.75. The minimum atomic E-state index is -0.922. The van der Waals surface area contributed by atoms with E-state index in [4.69, 9.17) is 4.74 Å². The summed E-state index contributed by atoms with van der Waals surface area (Å²) in [6.45, 7) is 0.356. The molecule has 0 aliphatic carbocycles. The minimum Gasteiger partial charge on any atom is -0.480 e. The van der Waals surface area contributed by atoms with Crippen molar-refractivity contribution in [2.24, 2.45) is 0 Å². The summed E-state index contributed by atoms with van der Waals surface area (Å²) < 4.78 is 4.86. The Kier molecular flexibility index (Phi) is 4.61. The lowest BCUT2D eigenvalue weighted by molar-refractivity contribution is -0.139. The average Bonchev–Trinajstić information content (AvgIpc) is 2.96. The van der Waals surface area contributed by atoms with Crippen LogP contribution in [-0.4, -0.2) is 44.2 Å². The van der Waals surface area contributed by atoms with Crippen molar-refractivity contribution in [1.29, 1.82) is 0 Å². The van der Waals surface area contributed by atoms with Crippen LogP contribution in [0.5, 0.6) is 6.01 Å². The van der Waals surface area contributed by atoms with E-state index < -0.39 is 12.0 Å². The Morgan fingerprint density at radius 2 is 2.20 bits per heavy atom. The predicted molar refractivity (Wildman–Crippen MR) is 69.1 cm³/mol. The number of aromatic amines is 1. The largest absolute Gasteiger partial charge is 0.480 e. The number of nitrogens with one attached hydrogen (secondary N) is 2. The van der Waals surface area contributed by atoms with E-state index in [2.05, 4.69) is 25.3 Å². The second kappa shape index (κ2) is 6.62. The zero-order valence-corrected chi connectivity index (χ0v) is 10.9. The molecule has 1 atom stereocenters. The third-order valence-electron chi connectivity index (χ3n) is 2.69. The Labute approximate surface area is 115 Å². The maximum absolute atomic E-state index is 11.2. The molecule has 8 heteroatoms. The predicted octanol–water partition coefficient (Wildman–Crippen LogP) is -0.00620. The van der Waals surface area contributed by atoms with E-state index in [9.17, 15) is 9.90 Å². The Bertz CT molecular complexity index is 541. The van der Waals surface area contributed by atoms with Gasteiger partial charge in [0.15, 0.2) is 0 Å². The normalized spacial score (nSPS) is 12.1. The number of carboxylic acids is 1. The molecule has 0 aromatic carbocycles. The van der Waals surface area contributed by atoms with Gasteiger partial charge in [-0.2, -0.15) is 0 Å². The van der Waals surface area contributed by atoms with Crippen LogP contribution in [0.2, 0.25) is 0 Å². The topological polar surface area (TPSA) is 113 Å². The molecule has 0 unspecified atom stereocenters. The van der Waals surface area contributed by atoms with Crippen molar-refractivity contribution in [3.05, 3.63) is 36.2 Å². The van der Waals surface area contributed by atoms with Crippen LogP contribution in [0.25, 0.3) is 0 Å². The lowest BCUT2D eigenvalue weighted by Crippen LogP contribution is -2.38. The summed E-state index contributed by atoms with van der Waals surface area (Å²) >= 11 is 0. The van der Waals surface area contributed by atoms with E-state index in [-0.39, 0.29) is 6.01 Å². The lowest BCUT2D eigenvalue weighted by atomic mass is 10.1. The first-order chi connectivity index (χ1) is 9.69. The maximum atomic E-state index is 11.2. The second-order valence-corrected chi connectivity index (χ2v) is 4.13. The SMILES string of the molecule is COc1ncc(CN[C@@H](Cc2cnc[nH]2)C(=O)O)cn1. The zero-order chi connectivity index (χ0) is 14.4. The quantitative estimate of drug-likeness (QED) is 0.652. The Hall–Kier alpha value is -2.48. The monoisotopic (exact) mass is 277 g/mol. The third-order valence-corrected chi connectivity index (χ3v) is 2.69. The Morgan fingerprint density at radius 1 is 1.45 bits per heavy atom. The van der Waals surface area contributed by atoms with E-state index >= 15 is 0 Å². The van der Waals surface area contributed by atoms with Crippen LogP contribution in [0.15, 0.2) is 24.9 Å². The molecule has 0 amide bonds. The highest BCUT2D eigenvalue weighted by atomic mass is 16.5. The number of carbonyl (C=O) groups is 1. The van der Waals surface area contributed by atoms with Crippen LogP contribution in [0.3, 0.4) is 0 Å². The fourth-order valence-electron chi connectivity index (χ4n) is 1.64. The number of imidazole rings is 1. The number of methoxy groups -OCH3 is 1. The van der Waals surface area contributed by atoms with Crippen LogP contribution in [0, 0.1) is 0 Å². The molecule has 2 aromatic heterocycles. The molecule has 0 saturated carbocycles. The molecule has 0 fully saturated rings. The molecule has 2 rings (SSSR count). The number of rotatable bonds is 7. The van der Waals surface area contributed by atoms with E-state index in [0.717, 1.165) is 11.3 Å². The molecule has 3 N–H and O–H groups in total. The molecule has 20 heavy (non-hydrogen) atoms. The Morgan fingerprint density at radius 3 is 2.75 bits per heavy atom. The van der Waals surface area contributed by atoms with Crippen molar-refractivity contribution in [3.63, 3.8) is 0 Å². The molecule has 106 valence electrons. The van der Waals surface area contributed by atoms with Gasteiger partial charge in [-0.1, -0.05) is 0 Å². The van der Waals surface area contributed by atoms with Gasteiger partial charge in [0.1, 0.15) is 6.04 Å². The number of aliphatic carboxylic acids is 1. The standard InChI is InChI=1S/C12H15N5O3/c1-20-12-15-4-8(5-16-12)3-14-10(11(18)19)2-9-6-13-7-17-9/h4-7,10,14H,2-3H2,1H3,(H,13,17)(H,18,19)/t10-/m0/s1. The van der Waals surface area contributed by atoms with E-state index in [1.54, 1.807) is 18.6 Å². The lowest BCUT2D eigenvalue weighted by Gasteiger charge is -2.13. The number of hydrogen-bond acceptors (Lipinski definition) is 6. The molecule has 0 aliphatic rings. The smallest absolute Gasteiger partial charge is 0.321 e. The number of nitrogens with zero attached hydrogens (tertiary/aromatic N) is 3. The van der Waals surface area contributed by atoms with Gasteiger partial charge in [-0.15, -0.1) is 0 Å². The van der Waals surface area contributed by atoms with Gasteiger partial charge in [0.25, 0.3) is 0 Å². The number of ether oxygens (including phenoxy) is 1. The summed E-state index contributed by atoms with van der Waals surface area (Å²) in [6, 6.07) is -0.432. The fourth-order valence-corrected chi connectivity index (χ4v) is 1.64. The van der Waals surface area contributed by atoms with Crippen LogP contribution >= 0.6 is 0 Å². The minimum absolute atomic E-state index is 0.279. The van der Waals surface area contributed by atoms with Crippen LogP contribution in [-0.2, 0) is 17.8 Å². The van der Waals surface area contributed by atoms with E-state index in [1.807, 2.05) is 0 Å². The van der Waals surface area contributed by atoms with Gasteiger partial charge in [-0.3, -0.25) is 10.1 Å². The molecule has 0 saturated heterocycles. The highest BCUT2D eigenvalue weighted by Gasteiger charge is 2.18. The molecule has 8 nitrogen and oxygen atoms in total. The summed E-state index contributed by atoms with van der Waals surface area (Å²) in [5, 5.41) is 12.1. The van der Waals surface area contributed by atoms with Gasteiger partial charge in [0, 0.05) is 42.8 Å². The number of hydrogen-bond donors (Lipinski definition) is 3. The van der Waals surface area contributed by atoms with Crippen molar-refractivity contribution in [2.75, 3.05) is 7.11 Å². The van der Waals surface area contributed by atoms with Gasteiger partial charge in [0.2, 0.25) is 0 Å². The summed E-state index contributed by atoms with van der Waals surface area (Å²) in [4.78, 5) is 25.9. The van der Waals surface area contributed by atoms with Gasteiger partial charge >= 0.3 is 12.0 Å². The molecular formula is C12H15N5O3. The van der Waals surface area contributed by atoms with Gasteiger partial charge in [-0.05, 0) is 0 Å². The van der Waals surface area contributed by atoms with Gasteiger partial charge in [0.05, 0.1) is 13.4 Å². The zero-order valence-electron chi connectivity index (χ0n) is 10.9. The first-order valence-corrected chi connectivity index (χ1v) is 5.97. The summed E-state index contributed by atoms with van der Waals surface area (Å²) in [6.07, 6.45) is 6.63. The second-order valence-electron chi connectivity index (χ2n) is 4.13. The van der Waals surface area contributed by atoms with Gasteiger partial charge < -0.3 is 14.8 Å². The van der Waals surface area contributed by atoms with Crippen LogP contribution in [0.4, 0.5) is 0 Å². The summed E-state index contributed by atoms with van der Waals surface area (Å²) in [7, 11) is 1.48. The maximum Gasteiger partial charge on any atom is 0.321 e. The number of aromatic nitrogens is 4. The molecule has 0 radical (unpaired) electrons. The average molecular weight is 277 g/mol. The molecule has 0 aliphatic heterocycles. The molecule has 2 heterocycles. The summed E-state index contributed by atoms with van der Waals surface area (Å²) in [5.74, 6) is -0.922. The molecular weight excluding hydrogens is 262 g/mol. The molecule has 0 bridgehead atoms. The summed E-state index contributed by atoms with van der Waals surface area (Å²) in [5.41, 5.74) is 1.54. The van der Waals surface area contributed by atoms with E-state index in [1.165, 1.54) is 13.4 Å².